The quantitative estimate of drug-likeness (QED) is 0.260. The third kappa shape index (κ3) is 5.93. The molecule has 3 aromatic rings. The molecule has 0 bridgehead atoms. The number of fused-ring (bicyclic) bond motifs is 2. The Balaban J connectivity index is 1.33. The van der Waals surface area contributed by atoms with Gasteiger partial charge < -0.3 is 24.3 Å². The molecule has 0 radical (unpaired) electrons. The molecular weight excluding hydrogens is 557 g/mol. The summed E-state index contributed by atoms with van der Waals surface area (Å²) in [5.41, 5.74) is 4.40. The van der Waals surface area contributed by atoms with Gasteiger partial charge in [-0.3, -0.25) is 9.69 Å². The van der Waals surface area contributed by atoms with E-state index in [1.54, 1.807) is 0 Å². The fourth-order valence-electron chi connectivity index (χ4n) is 6.58. The molecule has 0 unspecified atom stereocenters. The topological polar surface area (TPSA) is 69.4 Å². The van der Waals surface area contributed by atoms with E-state index in [2.05, 4.69) is 83.4 Å². The predicted molar refractivity (Wildman–Crippen MR) is 171 cm³/mol. The molecule has 2 atom stereocenters. The van der Waals surface area contributed by atoms with E-state index >= 15 is 0 Å². The molecule has 2 aliphatic heterocycles. The first-order chi connectivity index (χ1) is 21.2. The number of aryl methyl sites for hydroxylation is 1. The highest BCUT2D eigenvalue weighted by Crippen LogP contribution is 2.36. The van der Waals surface area contributed by atoms with Gasteiger partial charge in [0.25, 0.3) is 5.91 Å². The van der Waals surface area contributed by atoms with Crippen molar-refractivity contribution >= 4 is 28.2 Å². The molecule has 230 valence electrons. The third-order valence-corrected chi connectivity index (χ3v) is 9.30. The van der Waals surface area contributed by atoms with Gasteiger partial charge in [-0.15, -0.1) is 0 Å². The number of carbonyl (C=O) groups excluding carboxylic acids is 1. The summed E-state index contributed by atoms with van der Waals surface area (Å²) in [6.45, 7) is 18.0. The maximum atomic E-state index is 13.8. The van der Waals surface area contributed by atoms with Crippen molar-refractivity contribution in [2.45, 2.75) is 57.8 Å². The van der Waals surface area contributed by atoms with Crippen LogP contribution in [-0.2, 0) is 17.8 Å². The lowest BCUT2D eigenvalue weighted by Gasteiger charge is -2.41. The number of nitrogens with zero attached hydrogens (tertiary/aromatic N) is 7. The molecule has 3 aliphatic rings. The van der Waals surface area contributed by atoms with Crippen LogP contribution in [0, 0.1) is 13.5 Å². The highest BCUT2D eigenvalue weighted by Gasteiger charge is 2.36. The number of anilines is 2. The Labute approximate surface area is 258 Å². The van der Waals surface area contributed by atoms with Gasteiger partial charge in [0.2, 0.25) is 6.54 Å². The summed E-state index contributed by atoms with van der Waals surface area (Å²) < 4.78 is 20.1. The first kappa shape index (κ1) is 29.8. The number of hydrogen-bond acceptors (Lipinski definition) is 7. The van der Waals surface area contributed by atoms with E-state index in [4.69, 9.17) is 21.3 Å². The van der Waals surface area contributed by atoms with Crippen LogP contribution in [0.25, 0.3) is 15.6 Å². The third-order valence-electron chi connectivity index (χ3n) is 9.30. The summed E-state index contributed by atoms with van der Waals surface area (Å²) in [6, 6.07) is 13.5. The summed E-state index contributed by atoms with van der Waals surface area (Å²) in [5, 5.41) is 2.46. The zero-order valence-corrected chi connectivity index (χ0v) is 25.8. The maximum Gasteiger partial charge on any atom is 0.318 e. The molecule has 2 fully saturated rings. The van der Waals surface area contributed by atoms with Gasteiger partial charge in [-0.2, -0.15) is 9.97 Å². The molecule has 9 nitrogen and oxygen atoms in total. The predicted octanol–water partition coefficient (Wildman–Crippen LogP) is 4.78. The molecule has 1 amide bonds. The Morgan fingerprint density at radius 3 is 2.68 bits per heavy atom. The average molecular weight is 598 g/mol. The van der Waals surface area contributed by atoms with Crippen molar-refractivity contribution in [2.24, 2.45) is 0 Å². The smallest absolute Gasteiger partial charge is 0.318 e. The lowest BCUT2D eigenvalue weighted by molar-refractivity contribution is -0.131. The second kappa shape index (κ2) is 12.4. The lowest BCUT2D eigenvalue weighted by atomic mass is 9.99. The zero-order chi connectivity index (χ0) is 31.0. The Morgan fingerprint density at radius 2 is 1.95 bits per heavy atom. The summed E-state index contributed by atoms with van der Waals surface area (Å²) in [4.78, 5) is 34.3. The van der Waals surface area contributed by atoms with Gasteiger partial charge in [0, 0.05) is 54.9 Å². The number of halogens is 1. The van der Waals surface area contributed by atoms with E-state index in [1.165, 1.54) is 39.8 Å². The van der Waals surface area contributed by atoms with Crippen LogP contribution in [0.15, 0.2) is 48.8 Å². The Morgan fingerprint density at radius 1 is 1.18 bits per heavy atom. The molecule has 1 aromatic heterocycles. The van der Waals surface area contributed by atoms with Crippen molar-refractivity contribution in [1.29, 1.82) is 0 Å². The number of rotatable bonds is 9. The van der Waals surface area contributed by atoms with Crippen molar-refractivity contribution in [3.05, 3.63) is 77.0 Å². The van der Waals surface area contributed by atoms with Gasteiger partial charge in [-0.25, -0.2) is 11.0 Å². The average Bonchev–Trinajstić information content (AvgIpc) is 3.88. The van der Waals surface area contributed by atoms with E-state index in [0.717, 1.165) is 30.0 Å². The van der Waals surface area contributed by atoms with E-state index in [0.29, 0.717) is 38.3 Å². The first-order valence-corrected chi connectivity index (χ1v) is 15.5. The van der Waals surface area contributed by atoms with Crippen LogP contribution in [0.1, 0.15) is 36.6 Å². The number of carbonyl (C=O) groups is 1. The van der Waals surface area contributed by atoms with Gasteiger partial charge in [0.05, 0.1) is 12.2 Å². The molecule has 2 aromatic carbocycles. The molecule has 0 N–H and O–H groups in total. The summed E-state index contributed by atoms with van der Waals surface area (Å²) in [5.74, 6) is -0.970. The number of amides is 1. The van der Waals surface area contributed by atoms with Crippen molar-refractivity contribution in [3.63, 3.8) is 0 Å². The Hall–Kier alpha value is -4.23. The number of aromatic nitrogens is 2. The lowest BCUT2D eigenvalue weighted by Crippen LogP contribution is -2.57. The van der Waals surface area contributed by atoms with Crippen LogP contribution < -0.4 is 14.5 Å². The SMILES string of the molecule is [C-]#[N+]C[C@H]1CN(c2nc(OC[C@H](C)N(C)C3CC3)nc3c2CCN(c2cccc4cccc(C)c24)C3)CCN1C(=O)C(=C)F. The van der Waals surface area contributed by atoms with Crippen LogP contribution in [0.2, 0.25) is 0 Å². The van der Waals surface area contributed by atoms with Crippen molar-refractivity contribution in [3.8, 4) is 6.01 Å². The fraction of sp³-hybridized carbons (Fsp3) is 0.471. The molecule has 44 heavy (non-hydrogen) atoms. The maximum absolute atomic E-state index is 13.8. The molecule has 3 heterocycles. The summed E-state index contributed by atoms with van der Waals surface area (Å²) in [7, 11) is 2.14. The standard InChI is InChI=1S/C34H40FN7O2/c1-22-8-6-9-25-10-7-11-30(31(22)25)40-15-14-28-29(20-40)37-34(44-21-23(2)39(5)26-12-13-26)38-32(28)41-16-17-42(33(43)24(3)35)27(19-41)18-36-4/h6-11,23,26-27H,3,12-21H2,1-2,5H3/t23-,27-/m0/s1. The van der Waals surface area contributed by atoms with Gasteiger partial charge in [-0.05, 0) is 57.2 Å². The van der Waals surface area contributed by atoms with E-state index in [1.807, 2.05) is 0 Å². The van der Waals surface area contributed by atoms with Gasteiger partial charge in [0.1, 0.15) is 18.5 Å². The van der Waals surface area contributed by atoms with Crippen molar-refractivity contribution in [1.82, 2.24) is 19.8 Å². The number of ether oxygens (including phenoxy) is 1. The summed E-state index contributed by atoms with van der Waals surface area (Å²) in [6.07, 6.45) is 3.18. The second-order valence-corrected chi connectivity index (χ2v) is 12.3. The van der Waals surface area contributed by atoms with Crippen LogP contribution in [-0.4, -0.2) is 90.2 Å². The molecule has 1 aliphatic carbocycles. The number of benzene rings is 2. The Kier molecular flexibility index (Phi) is 8.41. The number of likely N-dealkylation sites (N-methyl/N-ethyl adjacent to an activating group) is 1. The van der Waals surface area contributed by atoms with Crippen LogP contribution in [0.4, 0.5) is 15.9 Å². The molecule has 6 rings (SSSR count). The molecule has 1 saturated heterocycles. The normalized spacial score (nSPS) is 19.1. The number of hydrogen-bond donors (Lipinski definition) is 0. The van der Waals surface area contributed by atoms with Gasteiger partial charge in [-0.1, -0.05) is 36.9 Å². The van der Waals surface area contributed by atoms with E-state index in [9.17, 15) is 9.18 Å². The fourth-order valence-corrected chi connectivity index (χ4v) is 6.58. The van der Waals surface area contributed by atoms with E-state index < -0.39 is 17.8 Å². The van der Waals surface area contributed by atoms with Gasteiger partial charge >= 0.3 is 6.01 Å². The van der Waals surface area contributed by atoms with Crippen LogP contribution >= 0.6 is 0 Å². The highest BCUT2D eigenvalue weighted by molar-refractivity contribution is 5.97. The first-order valence-electron chi connectivity index (χ1n) is 15.5. The minimum absolute atomic E-state index is 0.0748. The second-order valence-electron chi connectivity index (χ2n) is 12.3. The highest BCUT2D eigenvalue weighted by atomic mass is 19.1. The van der Waals surface area contributed by atoms with E-state index in [-0.39, 0.29) is 19.1 Å². The molecule has 10 heteroatoms. The minimum Gasteiger partial charge on any atom is -0.462 e. The van der Waals surface area contributed by atoms with Crippen molar-refractivity contribution < 1.29 is 13.9 Å². The van der Waals surface area contributed by atoms with Gasteiger partial charge in [0.15, 0.2) is 5.83 Å². The molecule has 1 saturated carbocycles. The monoisotopic (exact) mass is 597 g/mol. The zero-order valence-electron chi connectivity index (χ0n) is 25.8. The summed E-state index contributed by atoms with van der Waals surface area (Å²) >= 11 is 0. The van der Waals surface area contributed by atoms with Crippen LogP contribution in [0.3, 0.4) is 0 Å². The van der Waals surface area contributed by atoms with Crippen molar-refractivity contribution in [2.75, 3.05) is 56.2 Å². The van der Waals surface area contributed by atoms with Crippen LogP contribution in [0.5, 0.6) is 6.01 Å². The molecule has 0 spiro atoms. The minimum atomic E-state index is -1.00. The largest absolute Gasteiger partial charge is 0.462 e. The Bertz CT molecular complexity index is 1610. The number of piperazine rings is 1. The molecular formula is C34H40FN7O2.